The number of nitrogens with one attached hydrogen (secondary N) is 1. The monoisotopic (exact) mass is 377 g/mol. The lowest BCUT2D eigenvalue weighted by atomic mass is 10.1. The first-order valence-electron chi connectivity index (χ1n) is 6.13. The van der Waals surface area contributed by atoms with Gasteiger partial charge in [0, 0.05) is 21.7 Å². The van der Waals surface area contributed by atoms with E-state index in [0.29, 0.717) is 17.3 Å². The van der Waals surface area contributed by atoms with Crippen molar-refractivity contribution >= 4 is 33.2 Å². The van der Waals surface area contributed by atoms with Crippen molar-refractivity contribution in [2.75, 3.05) is 5.32 Å². The molecule has 0 spiro atoms. The summed E-state index contributed by atoms with van der Waals surface area (Å²) < 4.78 is 39.4. The summed E-state index contributed by atoms with van der Waals surface area (Å²) >= 11 is 9.39. The minimum atomic E-state index is -4.35. The molecule has 6 heteroatoms. The predicted octanol–water partition coefficient (Wildman–Crippen LogP) is 6.04. The zero-order valence-corrected chi connectivity index (χ0v) is 13.4. The smallest absolute Gasteiger partial charge is 0.381 e. The van der Waals surface area contributed by atoms with Crippen LogP contribution in [0.5, 0.6) is 0 Å². The van der Waals surface area contributed by atoms with Gasteiger partial charge in [-0.25, -0.2) is 0 Å². The molecular weight excluding hydrogens is 367 g/mol. The highest BCUT2D eigenvalue weighted by Crippen LogP contribution is 2.33. The van der Waals surface area contributed by atoms with Crippen LogP contribution in [0.4, 0.5) is 18.9 Å². The highest BCUT2D eigenvalue weighted by atomic mass is 79.9. The summed E-state index contributed by atoms with van der Waals surface area (Å²) in [6.07, 6.45) is -4.35. The standard InChI is InChI=1S/C15H12BrClF3N/c1-9-2-4-12(7-13(9)15(18,19)20)21-8-10-6-11(16)3-5-14(10)17/h2-7,21H,8H2,1H3. The lowest BCUT2D eigenvalue weighted by Gasteiger charge is -2.14. The Morgan fingerprint density at radius 3 is 2.52 bits per heavy atom. The second-order valence-electron chi connectivity index (χ2n) is 4.62. The van der Waals surface area contributed by atoms with Crippen molar-refractivity contribution < 1.29 is 13.2 Å². The molecule has 0 aliphatic carbocycles. The molecule has 0 unspecified atom stereocenters. The lowest BCUT2D eigenvalue weighted by molar-refractivity contribution is -0.138. The summed E-state index contributed by atoms with van der Waals surface area (Å²) in [6.45, 7) is 1.79. The van der Waals surface area contributed by atoms with Gasteiger partial charge in [-0.05, 0) is 48.4 Å². The molecule has 0 saturated heterocycles. The van der Waals surface area contributed by atoms with Crippen molar-refractivity contribution in [3.63, 3.8) is 0 Å². The Hall–Kier alpha value is -1.20. The van der Waals surface area contributed by atoms with Crippen LogP contribution in [-0.2, 0) is 12.7 Å². The van der Waals surface area contributed by atoms with Crippen LogP contribution in [-0.4, -0.2) is 0 Å². The van der Waals surface area contributed by atoms with Gasteiger partial charge in [0.2, 0.25) is 0 Å². The second kappa shape index (κ2) is 6.28. The van der Waals surface area contributed by atoms with Gasteiger partial charge in [0.1, 0.15) is 0 Å². The number of benzene rings is 2. The molecule has 0 aromatic heterocycles. The van der Waals surface area contributed by atoms with Crippen molar-refractivity contribution in [2.24, 2.45) is 0 Å². The second-order valence-corrected chi connectivity index (χ2v) is 5.94. The van der Waals surface area contributed by atoms with Gasteiger partial charge in [-0.15, -0.1) is 0 Å². The third-order valence-electron chi connectivity index (χ3n) is 3.03. The van der Waals surface area contributed by atoms with Gasteiger partial charge in [-0.1, -0.05) is 33.6 Å². The van der Waals surface area contributed by atoms with Crippen LogP contribution in [0.25, 0.3) is 0 Å². The van der Waals surface area contributed by atoms with Gasteiger partial charge < -0.3 is 5.32 Å². The van der Waals surface area contributed by atoms with E-state index in [0.717, 1.165) is 16.1 Å². The molecule has 0 bridgehead atoms. The number of hydrogen-bond acceptors (Lipinski definition) is 1. The van der Waals surface area contributed by atoms with Crippen molar-refractivity contribution in [1.29, 1.82) is 0 Å². The van der Waals surface area contributed by atoms with E-state index in [9.17, 15) is 13.2 Å². The summed E-state index contributed by atoms with van der Waals surface area (Å²) in [5.74, 6) is 0. The van der Waals surface area contributed by atoms with E-state index in [-0.39, 0.29) is 5.56 Å². The lowest BCUT2D eigenvalue weighted by Crippen LogP contribution is -2.09. The summed E-state index contributed by atoms with van der Waals surface area (Å²) in [5, 5.41) is 3.53. The van der Waals surface area contributed by atoms with Crippen LogP contribution in [0.15, 0.2) is 40.9 Å². The summed E-state index contributed by atoms with van der Waals surface area (Å²) in [5.41, 5.74) is 0.783. The Kier molecular flexibility index (Phi) is 4.84. The molecule has 21 heavy (non-hydrogen) atoms. The van der Waals surface area contributed by atoms with Gasteiger partial charge in [-0.3, -0.25) is 0 Å². The molecule has 1 nitrogen and oxygen atoms in total. The van der Waals surface area contributed by atoms with E-state index in [2.05, 4.69) is 21.2 Å². The number of halogens is 5. The average molecular weight is 379 g/mol. The maximum absolute atomic E-state index is 12.9. The van der Waals surface area contributed by atoms with Gasteiger partial charge in [0.05, 0.1) is 5.56 Å². The molecule has 112 valence electrons. The van der Waals surface area contributed by atoms with E-state index in [4.69, 9.17) is 11.6 Å². The Bertz CT molecular complexity index is 656. The molecule has 1 N–H and O–H groups in total. The minimum Gasteiger partial charge on any atom is -0.381 e. The molecule has 2 aromatic carbocycles. The Morgan fingerprint density at radius 1 is 1.14 bits per heavy atom. The largest absolute Gasteiger partial charge is 0.416 e. The first-order valence-corrected chi connectivity index (χ1v) is 7.30. The van der Waals surface area contributed by atoms with Crippen LogP contribution >= 0.6 is 27.5 Å². The van der Waals surface area contributed by atoms with Crippen LogP contribution in [0.2, 0.25) is 5.02 Å². The fourth-order valence-corrected chi connectivity index (χ4v) is 2.51. The number of anilines is 1. The summed E-state index contributed by atoms with van der Waals surface area (Å²) in [6, 6.07) is 9.55. The SMILES string of the molecule is Cc1ccc(NCc2cc(Br)ccc2Cl)cc1C(F)(F)F. The van der Waals surface area contributed by atoms with Crippen molar-refractivity contribution in [3.8, 4) is 0 Å². The number of alkyl halides is 3. The molecule has 0 aliphatic heterocycles. The predicted molar refractivity (Wildman–Crippen MR) is 82.7 cm³/mol. The molecule has 0 radical (unpaired) electrons. The van der Waals surface area contributed by atoms with Crippen LogP contribution in [0, 0.1) is 6.92 Å². The third kappa shape index (κ3) is 4.14. The number of rotatable bonds is 3. The molecule has 2 rings (SSSR count). The van der Waals surface area contributed by atoms with Crippen LogP contribution < -0.4 is 5.32 Å². The fraction of sp³-hybridized carbons (Fsp3) is 0.200. The molecule has 0 amide bonds. The fourth-order valence-electron chi connectivity index (χ4n) is 1.91. The first kappa shape index (κ1) is 16.2. The van der Waals surface area contributed by atoms with Crippen molar-refractivity contribution in [2.45, 2.75) is 19.6 Å². The Labute approximate surface area is 134 Å². The molecule has 0 saturated carbocycles. The zero-order chi connectivity index (χ0) is 15.6. The Balaban J connectivity index is 2.19. The minimum absolute atomic E-state index is 0.202. The molecule has 0 atom stereocenters. The maximum Gasteiger partial charge on any atom is 0.416 e. The molecule has 2 aromatic rings. The van der Waals surface area contributed by atoms with Crippen LogP contribution in [0.1, 0.15) is 16.7 Å². The highest BCUT2D eigenvalue weighted by Gasteiger charge is 2.32. The normalized spacial score (nSPS) is 11.5. The van der Waals surface area contributed by atoms with Gasteiger partial charge in [0.25, 0.3) is 0 Å². The van der Waals surface area contributed by atoms with E-state index in [1.54, 1.807) is 18.2 Å². The van der Waals surface area contributed by atoms with E-state index in [1.165, 1.54) is 13.0 Å². The molecule has 0 aliphatic rings. The number of aryl methyl sites for hydroxylation is 1. The van der Waals surface area contributed by atoms with Gasteiger partial charge in [-0.2, -0.15) is 13.2 Å². The topological polar surface area (TPSA) is 12.0 Å². The third-order valence-corrected chi connectivity index (χ3v) is 3.90. The number of hydrogen-bond donors (Lipinski definition) is 1. The first-order chi connectivity index (χ1) is 9.77. The van der Waals surface area contributed by atoms with E-state index >= 15 is 0 Å². The van der Waals surface area contributed by atoms with Crippen molar-refractivity contribution in [3.05, 3.63) is 62.6 Å². The van der Waals surface area contributed by atoms with E-state index in [1.807, 2.05) is 6.07 Å². The highest BCUT2D eigenvalue weighted by molar-refractivity contribution is 9.10. The zero-order valence-electron chi connectivity index (χ0n) is 11.1. The average Bonchev–Trinajstić information content (AvgIpc) is 2.40. The Morgan fingerprint density at radius 2 is 1.86 bits per heavy atom. The molecule has 0 heterocycles. The van der Waals surface area contributed by atoms with Crippen LogP contribution in [0.3, 0.4) is 0 Å². The maximum atomic E-state index is 12.9. The van der Waals surface area contributed by atoms with Gasteiger partial charge >= 0.3 is 6.18 Å². The summed E-state index contributed by atoms with van der Waals surface area (Å²) in [7, 11) is 0. The summed E-state index contributed by atoms with van der Waals surface area (Å²) in [4.78, 5) is 0. The van der Waals surface area contributed by atoms with E-state index < -0.39 is 11.7 Å². The van der Waals surface area contributed by atoms with Crippen molar-refractivity contribution in [1.82, 2.24) is 0 Å². The quantitative estimate of drug-likeness (QED) is 0.686. The molecule has 0 fully saturated rings. The molecular formula is C15H12BrClF3N. The van der Waals surface area contributed by atoms with Gasteiger partial charge in [0.15, 0.2) is 0 Å².